The molecular formula is C31H40N8O. The Kier molecular flexibility index (Phi) is 7.73. The van der Waals surface area contributed by atoms with Crippen molar-refractivity contribution in [2.24, 2.45) is 7.05 Å². The van der Waals surface area contributed by atoms with Gasteiger partial charge in [0.25, 0.3) is 0 Å². The van der Waals surface area contributed by atoms with Gasteiger partial charge in [0.15, 0.2) is 0 Å². The topological polar surface area (TPSA) is 83.4 Å². The molecular weight excluding hydrogens is 500 g/mol. The average Bonchev–Trinajstić information content (AvgIpc) is 3.28. The van der Waals surface area contributed by atoms with Crippen LogP contribution in [0.5, 0.6) is 0 Å². The lowest BCUT2D eigenvalue weighted by atomic mass is 9.99. The summed E-state index contributed by atoms with van der Waals surface area (Å²) < 4.78 is 7.75. The van der Waals surface area contributed by atoms with Crippen LogP contribution in [0.4, 0.5) is 5.82 Å². The van der Waals surface area contributed by atoms with E-state index >= 15 is 0 Å². The molecule has 3 aromatic rings. The number of methoxy groups -OCH3 is 1. The molecule has 2 fully saturated rings. The first-order chi connectivity index (χ1) is 19.6. The summed E-state index contributed by atoms with van der Waals surface area (Å²) in [6.07, 6.45) is 15.2. The molecule has 6 rings (SSSR count). The summed E-state index contributed by atoms with van der Waals surface area (Å²) in [6.45, 7) is 4.70. The second kappa shape index (κ2) is 11.7. The van der Waals surface area contributed by atoms with Crippen LogP contribution in [0.25, 0.3) is 22.2 Å². The van der Waals surface area contributed by atoms with Crippen LogP contribution in [-0.4, -0.2) is 75.9 Å². The van der Waals surface area contributed by atoms with Gasteiger partial charge in [-0.05, 0) is 57.0 Å². The van der Waals surface area contributed by atoms with Crippen molar-refractivity contribution in [2.45, 2.75) is 44.6 Å². The molecule has 4 heterocycles. The molecule has 0 saturated carbocycles. The monoisotopic (exact) mass is 540 g/mol. The molecule has 3 aliphatic rings. The van der Waals surface area contributed by atoms with Crippen molar-refractivity contribution >= 4 is 16.7 Å². The predicted octanol–water partition coefficient (Wildman–Crippen LogP) is 4.64. The smallest absolute Gasteiger partial charge is 0.134 e. The fourth-order valence-corrected chi connectivity index (χ4v) is 6.31. The van der Waals surface area contributed by atoms with Crippen LogP contribution in [0.2, 0.25) is 0 Å². The maximum absolute atomic E-state index is 5.87. The molecule has 9 nitrogen and oxygen atoms in total. The number of likely N-dealkylation sites (N-methyl/N-ethyl adjacent to an activating group) is 1. The minimum atomic E-state index is 0.706. The number of aryl methyl sites for hydroxylation is 1. The average molecular weight is 541 g/mol. The van der Waals surface area contributed by atoms with Gasteiger partial charge in [0.2, 0.25) is 0 Å². The van der Waals surface area contributed by atoms with E-state index in [1.807, 2.05) is 31.0 Å². The van der Waals surface area contributed by atoms with Crippen LogP contribution < -0.4 is 10.6 Å². The van der Waals surface area contributed by atoms with Crippen molar-refractivity contribution in [1.29, 1.82) is 0 Å². The summed E-state index contributed by atoms with van der Waals surface area (Å²) in [5, 5.41) is 12.4. The zero-order valence-corrected chi connectivity index (χ0v) is 23.9. The standard InChI is InChI=1S/C31H40N8O/c1-32-26-18-27(36-31-19-25(33-21-34-31)22-7-8-28-23(17-22)20-35-37(28)2)30(40-3)10-9-29(26)39-15-11-24(12-16-39)38-13-5-4-6-14-38/h7-9,17-21,24,32H,4-6,10-16H2,1-3H3,(H,33,34,36). The second-order valence-electron chi connectivity index (χ2n) is 10.9. The van der Waals surface area contributed by atoms with Crippen molar-refractivity contribution in [3.63, 3.8) is 0 Å². The lowest BCUT2D eigenvalue weighted by molar-refractivity contribution is 0.105. The Labute approximate surface area is 236 Å². The Morgan fingerprint density at radius 2 is 1.82 bits per heavy atom. The van der Waals surface area contributed by atoms with Gasteiger partial charge in [0.1, 0.15) is 17.9 Å². The number of likely N-dealkylation sites (tertiary alicyclic amines) is 2. The van der Waals surface area contributed by atoms with Gasteiger partial charge < -0.3 is 25.2 Å². The van der Waals surface area contributed by atoms with E-state index in [2.05, 4.69) is 65.9 Å². The molecule has 1 aromatic carbocycles. The number of benzene rings is 1. The molecule has 0 atom stereocenters. The van der Waals surface area contributed by atoms with Gasteiger partial charge in [0.05, 0.1) is 41.6 Å². The highest BCUT2D eigenvalue weighted by molar-refractivity contribution is 5.84. The summed E-state index contributed by atoms with van der Waals surface area (Å²) in [6, 6.07) is 8.97. The first-order valence-electron chi connectivity index (χ1n) is 14.5. The van der Waals surface area contributed by atoms with Crippen LogP contribution >= 0.6 is 0 Å². The molecule has 9 heteroatoms. The molecule has 0 radical (unpaired) electrons. The molecule has 210 valence electrons. The fourth-order valence-electron chi connectivity index (χ4n) is 6.31. The highest BCUT2D eigenvalue weighted by Gasteiger charge is 2.28. The number of hydrogen-bond donors (Lipinski definition) is 2. The van der Waals surface area contributed by atoms with Gasteiger partial charge in [-0.25, -0.2) is 9.97 Å². The molecule has 0 spiro atoms. The summed E-state index contributed by atoms with van der Waals surface area (Å²) in [5.41, 5.74) is 6.20. The summed E-state index contributed by atoms with van der Waals surface area (Å²) in [4.78, 5) is 14.3. The molecule has 0 amide bonds. The molecule has 2 aromatic heterocycles. The van der Waals surface area contributed by atoms with E-state index in [9.17, 15) is 0 Å². The van der Waals surface area contributed by atoms with Gasteiger partial charge >= 0.3 is 0 Å². The van der Waals surface area contributed by atoms with E-state index in [-0.39, 0.29) is 0 Å². The quantitative estimate of drug-likeness (QED) is 0.449. The Bertz CT molecular complexity index is 1440. The molecule has 40 heavy (non-hydrogen) atoms. The van der Waals surface area contributed by atoms with E-state index < -0.39 is 0 Å². The second-order valence-corrected chi connectivity index (χ2v) is 10.9. The lowest BCUT2D eigenvalue weighted by Crippen LogP contribution is -2.46. The van der Waals surface area contributed by atoms with Crippen molar-refractivity contribution in [3.8, 4) is 11.3 Å². The Hall–Kier alpha value is -3.85. The zero-order chi connectivity index (χ0) is 27.5. The zero-order valence-electron chi connectivity index (χ0n) is 23.9. The number of rotatable bonds is 7. The fraction of sp³-hybridized carbons (Fsp3) is 0.452. The van der Waals surface area contributed by atoms with Crippen molar-refractivity contribution in [3.05, 3.63) is 71.8 Å². The number of ether oxygens (including phenoxy) is 1. The van der Waals surface area contributed by atoms with Crippen LogP contribution in [0.3, 0.4) is 0 Å². The Morgan fingerprint density at radius 1 is 1.00 bits per heavy atom. The third-order valence-electron chi connectivity index (χ3n) is 8.55. The summed E-state index contributed by atoms with van der Waals surface area (Å²) >= 11 is 0. The van der Waals surface area contributed by atoms with E-state index in [0.717, 1.165) is 64.3 Å². The van der Waals surface area contributed by atoms with Crippen molar-refractivity contribution < 1.29 is 4.74 Å². The number of nitrogens with one attached hydrogen (secondary N) is 2. The summed E-state index contributed by atoms with van der Waals surface area (Å²) in [5.74, 6) is 1.60. The molecule has 2 saturated heterocycles. The third kappa shape index (κ3) is 5.43. The molecule has 2 aliphatic heterocycles. The lowest BCUT2D eigenvalue weighted by Gasteiger charge is -2.42. The molecule has 0 bridgehead atoms. The largest absolute Gasteiger partial charge is 0.499 e. The summed E-state index contributed by atoms with van der Waals surface area (Å²) in [7, 11) is 5.68. The maximum Gasteiger partial charge on any atom is 0.134 e. The van der Waals surface area contributed by atoms with Gasteiger partial charge in [-0.2, -0.15) is 5.10 Å². The molecule has 2 N–H and O–H groups in total. The van der Waals surface area contributed by atoms with Crippen LogP contribution in [0.1, 0.15) is 38.5 Å². The van der Waals surface area contributed by atoms with E-state index in [1.165, 1.54) is 50.9 Å². The number of aromatic nitrogens is 4. The number of hydrogen-bond acceptors (Lipinski definition) is 8. The maximum atomic E-state index is 5.87. The first-order valence-corrected chi connectivity index (χ1v) is 14.5. The number of nitrogens with zero attached hydrogens (tertiary/aromatic N) is 6. The minimum absolute atomic E-state index is 0.706. The minimum Gasteiger partial charge on any atom is -0.499 e. The van der Waals surface area contributed by atoms with E-state index in [4.69, 9.17) is 4.74 Å². The number of anilines is 1. The first kappa shape index (κ1) is 26.4. The molecule has 1 aliphatic carbocycles. The highest BCUT2D eigenvalue weighted by atomic mass is 16.5. The van der Waals surface area contributed by atoms with Crippen molar-refractivity contribution in [2.75, 3.05) is 45.7 Å². The Balaban J connectivity index is 1.19. The van der Waals surface area contributed by atoms with Crippen LogP contribution in [-0.2, 0) is 11.8 Å². The van der Waals surface area contributed by atoms with E-state index in [0.29, 0.717) is 6.42 Å². The normalized spacial score (nSPS) is 19.3. The van der Waals surface area contributed by atoms with Gasteiger partial charge in [-0.15, -0.1) is 0 Å². The third-order valence-corrected chi connectivity index (χ3v) is 8.55. The van der Waals surface area contributed by atoms with Crippen molar-refractivity contribution in [1.82, 2.24) is 34.9 Å². The highest BCUT2D eigenvalue weighted by Crippen LogP contribution is 2.30. The van der Waals surface area contributed by atoms with Gasteiger partial charge in [-0.1, -0.05) is 18.6 Å². The number of fused-ring (bicyclic) bond motifs is 1. The SMILES string of the molecule is CNC1=CC(Nc2cc(-c3ccc4c(cnn4C)c3)ncn2)=C(OC)CC=C1N1CCC(N2CCCCC2)CC1. The van der Waals surface area contributed by atoms with Crippen LogP contribution in [0, 0.1) is 0 Å². The van der Waals surface area contributed by atoms with Gasteiger partial charge in [-0.3, -0.25) is 4.68 Å². The number of piperidine rings is 2. The molecule has 0 unspecified atom stereocenters. The predicted molar refractivity (Wildman–Crippen MR) is 159 cm³/mol. The number of allylic oxidation sites excluding steroid dienone is 2. The Morgan fingerprint density at radius 3 is 2.60 bits per heavy atom. The van der Waals surface area contributed by atoms with Gasteiger partial charge in [0, 0.05) is 56.7 Å². The van der Waals surface area contributed by atoms with Crippen LogP contribution in [0.15, 0.2) is 71.8 Å². The van der Waals surface area contributed by atoms with E-state index in [1.54, 1.807) is 13.4 Å².